The molecule has 0 spiro atoms. The maximum Gasteiger partial charge on any atom is 0.349 e. The van der Waals surface area contributed by atoms with Gasteiger partial charge in [0.25, 0.3) is 11.5 Å². The number of methoxy groups -OCH3 is 2. The minimum absolute atomic E-state index is 0.244. The number of rotatable bonds is 7. The predicted molar refractivity (Wildman–Crippen MR) is 116 cm³/mol. The second-order valence-electron chi connectivity index (χ2n) is 6.86. The lowest BCUT2D eigenvalue weighted by molar-refractivity contribution is -0.124. The fourth-order valence-corrected chi connectivity index (χ4v) is 4.30. The zero-order valence-electron chi connectivity index (χ0n) is 17.8. The summed E-state index contributed by atoms with van der Waals surface area (Å²) < 4.78 is 15.7. The van der Waals surface area contributed by atoms with Crippen molar-refractivity contribution in [2.75, 3.05) is 20.8 Å². The number of thiophene rings is 1. The number of aromatic nitrogens is 2. The molecule has 0 fully saturated rings. The first-order chi connectivity index (χ1) is 14.7. The maximum atomic E-state index is 12.5. The van der Waals surface area contributed by atoms with E-state index in [4.69, 9.17) is 14.2 Å². The van der Waals surface area contributed by atoms with Crippen LogP contribution in [0.15, 0.2) is 23.0 Å². The van der Waals surface area contributed by atoms with Crippen LogP contribution in [0.4, 0.5) is 0 Å². The number of nitrogens with zero attached hydrogens (tertiary/aromatic N) is 1. The van der Waals surface area contributed by atoms with Crippen molar-refractivity contribution in [1.29, 1.82) is 0 Å². The van der Waals surface area contributed by atoms with E-state index >= 15 is 0 Å². The number of aryl methyl sites for hydroxylation is 2. The Morgan fingerprint density at radius 3 is 2.65 bits per heavy atom. The van der Waals surface area contributed by atoms with Gasteiger partial charge in [-0.2, -0.15) is 0 Å². The number of esters is 1. The van der Waals surface area contributed by atoms with Crippen molar-refractivity contribution in [2.24, 2.45) is 0 Å². The number of aromatic amines is 1. The third kappa shape index (κ3) is 4.69. The van der Waals surface area contributed by atoms with Crippen molar-refractivity contribution < 1.29 is 23.8 Å². The molecule has 0 saturated carbocycles. The summed E-state index contributed by atoms with van der Waals surface area (Å²) >= 11 is 1.06. The normalized spacial score (nSPS) is 11.8. The molecule has 0 aliphatic heterocycles. The van der Waals surface area contributed by atoms with Gasteiger partial charge in [0.15, 0.2) is 6.61 Å². The topological polar surface area (TPSA) is 120 Å². The molecule has 9 nitrogen and oxygen atoms in total. The van der Waals surface area contributed by atoms with E-state index in [1.165, 1.54) is 7.11 Å². The summed E-state index contributed by atoms with van der Waals surface area (Å²) in [5.74, 6) is 0.525. The van der Waals surface area contributed by atoms with Crippen LogP contribution in [0.5, 0.6) is 11.5 Å². The van der Waals surface area contributed by atoms with Gasteiger partial charge in [-0.15, -0.1) is 11.3 Å². The zero-order valence-corrected chi connectivity index (χ0v) is 18.6. The highest BCUT2D eigenvalue weighted by molar-refractivity contribution is 7.20. The quantitative estimate of drug-likeness (QED) is 0.537. The highest BCUT2D eigenvalue weighted by Crippen LogP contribution is 2.29. The van der Waals surface area contributed by atoms with Crippen LogP contribution in [0.3, 0.4) is 0 Å². The minimum atomic E-state index is -0.681. The van der Waals surface area contributed by atoms with Crippen molar-refractivity contribution in [2.45, 2.75) is 26.8 Å². The van der Waals surface area contributed by atoms with Crippen LogP contribution < -0.4 is 20.3 Å². The molecule has 0 aliphatic carbocycles. The van der Waals surface area contributed by atoms with Crippen LogP contribution >= 0.6 is 11.3 Å². The lowest BCUT2D eigenvalue weighted by Crippen LogP contribution is -2.31. The van der Waals surface area contributed by atoms with Gasteiger partial charge in [0.05, 0.1) is 25.6 Å². The third-order valence-electron chi connectivity index (χ3n) is 4.72. The van der Waals surface area contributed by atoms with E-state index in [2.05, 4.69) is 15.3 Å². The van der Waals surface area contributed by atoms with E-state index in [-0.39, 0.29) is 10.4 Å². The van der Waals surface area contributed by atoms with E-state index in [0.29, 0.717) is 33.1 Å². The average Bonchev–Trinajstić information content (AvgIpc) is 3.07. The number of fused-ring (bicyclic) bond motifs is 1. The molecule has 2 heterocycles. The van der Waals surface area contributed by atoms with Gasteiger partial charge < -0.3 is 24.5 Å². The number of nitrogens with one attached hydrogen (secondary N) is 2. The summed E-state index contributed by atoms with van der Waals surface area (Å²) in [6, 6.07) is 4.86. The fourth-order valence-electron chi connectivity index (χ4n) is 3.18. The average molecular weight is 445 g/mol. The van der Waals surface area contributed by atoms with Gasteiger partial charge in [-0.25, -0.2) is 9.78 Å². The molecule has 2 N–H and O–H groups in total. The van der Waals surface area contributed by atoms with Crippen molar-refractivity contribution in [3.05, 3.63) is 50.4 Å². The number of H-pyrrole nitrogens is 1. The molecule has 0 unspecified atom stereocenters. The smallest absolute Gasteiger partial charge is 0.349 e. The molecule has 0 radical (unpaired) electrons. The Morgan fingerprint density at radius 2 is 1.97 bits per heavy atom. The summed E-state index contributed by atoms with van der Waals surface area (Å²) in [5, 5.41) is 3.12. The van der Waals surface area contributed by atoms with Crippen LogP contribution in [0.25, 0.3) is 10.2 Å². The molecule has 1 amide bonds. The second-order valence-corrected chi connectivity index (χ2v) is 7.86. The number of ether oxygens (including phenoxy) is 3. The van der Waals surface area contributed by atoms with Gasteiger partial charge in [0, 0.05) is 5.56 Å². The van der Waals surface area contributed by atoms with Crippen molar-refractivity contribution in [1.82, 2.24) is 15.3 Å². The van der Waals surface area contributed by atoms with Gasteiger partial charge in [-0.05, 0) is 44.5 Å². The molecular formula is C21H23N3O6S. The number of amides is 1. The van der Waals surface area contributed by atoms with E-state index in [1.54, 1.807) is 46.1 Å². The Bertz CT molecular complexity index is 1200. The summed E-state index contributed by atoms with van der Waals surface area (Å²) in [4.78, 5) is 44.6. The Morgan fingerprint density at radius 1 is 1.23 bits per heavy atom. The van der Waals surface area contributed by atoms with E-state index in [9.17, 15) is 14.4 Å². The second kappa shape index (κ2) is 9.17. The Kier molecular flexibility index (Phi) is 6.59. The maximum absolute atomic E-state index is 12.5. The molecule has 1 aromatic carbocycles. The molecule has 164 valence electrons. The first-order valence-electron chi connectivity index (χ1n) is 9.43. The standard InChI is InChI=1S/C21H23N3O6S/c1-10-17-19(26)23-12(3)24-20(17)31-18(10)21(27)30-9-16(25)22-11(2)14-8-13(28-4)6-7-15(14)29-5/h6-8,11H,9H2,1-5H3,(H,22,25)(H,23,24,26)/t11-/m1/s1. The van der Waals surface area contributed by atoms with Crippen LogP contribution in [0.1, 0.15) is 39.6 Å². The summed E-state index contributed by atoms with van der Waals surface area (Å²) in [6.45, 7) is 4.63. The predicted octanol–water partition coefficient (Wildman–Crippen LogP) is 2.65. The molecule has 31 heavy (non-hydrogen) atoms. The Labute approximate surface area is 182 Å². The zero-order chi connectivity index (χ0) is 22.7. The van der Waals surface area contributed by atoms with Crippen molar-refractivity contribution in [3.63, 3.8) is 0 Å². The van der Waals surface area contributed by atoms with Gasteiger partial charge in [-0.3, -0.25) is 9.59 Å². The molecule has 3 aromatic rings. The van der Waals surface area contributed by atoms with E-state index in [1.807, 2.05) is 0 Å². The number of benzene rings is 1. The molecule has 3 rings (SSSR count). The lowest BCUT2D eigenvalue weighted by atomic mass is 10.1. The molecule has 1 atom stereocenters. The van der Waals surface area contributed by atoms with Gasteiger partial charge in [0.1, 0.15) is 27.0 Å². The molecular weight excluding hydrogens is 422 g/mol. The largest absolute Gasteiger partial charge is 0.497 e. The summed E-state index contributed by atoms with van der Waals surface area (Å²) in [7, 11) is 3.09. The van der Waals surface area contributed by atoms with Gasteiger partial charge in [-0.1, -0.05) is 0 Å². The first kappa shape index (κ1) is 22.3. The number of carbonyl (C=O) groups excluding carboxylic acids is 2. The SMILES string of the molecule is COc1ccc(OC)c([C@@H](C)NC(=O)COC(=O)c2sc3nc(C)[nH]c(=O)c3c2C)c1. The van der Waals surface area contributed by atoms with E-state index < -0.39 is 24.5 Å². The molecule has 2 aromatic heterocycles. The first-order valence-corrected chi connectivity index (χ1v) is 10.2. The Balaban J connectivity index is 1.68. The number of hydrogen-bond acceptors (Lipinski definition) is 8. The highest BCUT2D eigenvalue weighted by Gasteiger charge is 2.22. The van der Waals surface area contributed by atoms with Gasteiger partial charge in [0.2, 0.25) is 0 Å². The highest BCUT2D eigenvalue weighted by atomic mass is 32.1. The Hall–Kier alpha value is -3.40. The van der Waals surface area contributed by atoms with Crippen molar-refractivity contribution in [3.8, 4) is 11.5 Å². The minimum Gasteiger partial charge on any atom is -0.497 e. The fraction of sp³-hybridized carbons (Fsp3) is 0.333. The third-order valence-corrected chi connectivity index (χ3v) is 5.89. The van der Waals surface area contributed by atoms with Crippen LogP contribution in [-0.2, 0) is 9.53 Å². The number of carbonyl (C=O) groups is 2. The van der Waals surface area contributed by atoms with Crippen LogP contribution in [-0.4, -0.2) is 42.7 Å². The number of hydrogen-bond donors (Lipinski definition) is 2. The summed E-state index contributed by atoms with van der Waals surface area (Å²) in [5.41, 5.74) is 0.894. The molecule has 0 aliphatic rings. The van der Waals surface area contributed by atoms with E-state index in [0.717, 1.165) is 16.9 Å². The summed E-state index contributed by atoms with van der Waals surface area (Å²) in [6.07, 6.45) is 0. The molecule has 10 heteroatoms. The lowest BCUT2D eigenvalue weighted by Gasteiger charge is -2.18. The monoisotopic (exact) mass is 445 g/mol. The molecule has 0 bridgehead atoms. The van der Waals surface area contributed by atoms with Gasteiger partial charge >= 0.3 is 5.97 Å². The van der Waals surface area contributed by atoms with Crippen LogP contribution in [0, 0.1) is 13.8 Å². The van der Waals surface area contributed by atoms with Crippen molar-refractivity contribution >= 4 is 33.4 Å². The van der Waals surface area contributed by atoms with Crippen LogP contribution in [0.2, 0.25) is 0 Å². The molecule has 0 saturated heterocycles.